The standard InChI is InChI=1S/C38H74N5O17P/c1-6-8-43(36(47)7-9-54-12-13-56-16-17-58-20-21-60-23-22-59-19-18-57-15-14-55-11-10-53-5)27-35(46)41-32(24-30(2)3)37(48)40-26-34(45)42-33(28-44)38(49)39-25-31(4)29-61(50,51)52/h30-33,44H,6-29H2,1-5H3,(H,39,49)(H,40,48)(H,41,46)(H,42,45)(H2,50,51,52)/t31-,32+,33+/m1/s1. The van der Waals surface area contributed by atoms with Crippen LogP contribution in [0.5, 0.6) is 0 Å². The lowest BCUT2D eigenvalue weighted by Gasteiger charge is -2.25. The van der Waals surface area contributed by atoms with E-state index in [0.29, 0.717) is 98.9 Å². The van der Waals surface area contributed by atoms with Crippen molar-refractivity contribution >= 4 is 37.1 Å². The number of ether oxygens (including phenoxy) is 8. The molecule has 0 aliphatic carbocycles. The van der Waals surface area contributed by atoms with Crippen molar-refractivity contribution in [2.45, 2.75) is 59.0 Å². The fraction of sp³-hybridized carbons (Fsp3) is 0.868. The summed E-state index contributed by atoms with van der Waals surface area (Å²) < 4.78 is 54.1. The van der Waals surface area contributed by atoms with Crippen molar-refractivity contribution in [2.24, 2.45) is 11.8 Å². The van der Waals surface area contributed by atoms with E-state index in [1.807, 2.05) is 20.8 Å². The van der Waals surface area contributed by atoms with Crippen LogP contribution in [0.4, 0.5) is 0 Å². The van der Waals surface area contributed by atoms with E-state index in [1.165, 1.54) is 11.8 Å². The van der Waals surface area contributed by atoms with Gasteiger partial charge in [0.1, 0.15) is 12.1 Å². The maximum atomic E-state index is 13.0. The van der Waals surface area contributed by atoms with Gasteiger partial charge < -0.3 is 79.0 Å². The number of aliphatic hydroxyl groups is 1. The maximum absolute atomic E-state index is 13.0. The molecule has 7 N–H and O–H groups in total. The van der Waals surface area contributed by atoms with Gasteiger partial charge in [0.05, 0.1) is 131 Å². The third-order valence-electron chi connectivity index (χ3n) is 8.10. The van der Waals surface area contributed by atoms with E-state index in [2.05, 4.69) is 21.3 Å². The number of hydrogen-bond donors (Lipinski definition) is 7. The molecule has 23 heteroatoms. The van der Waals surface area contributed by atoms with Gasteiger partial charge in [0.25, 0.3) is 0 Å². The van der Waals surface area contributed by atoms with Gasteiger partial charge in [0, 0.05) is 20.2 Å². The van der Waals surface area contributed by atoms with Crippen LogP contribution in [-0.2, 0) is 66.4 Å². The normalized spacial score (nSPS) is 13.1. The van der Waals surface area contributed by atoms with Gasteiger partial charge in [0.2, 0.25) is 29.5 Å². The number of nitrogens with zero attached hydrogens (tertiary/aromatic N) is 1. The van der Waals surface area contributed by atoms with E-state index >= 15 is 0 Å². The first-order valence-electron chi connectivity index (χ1n) is 20.7. The van der Waals surface area contributed by atoms with E-state index in [9.17, 15) is 33.6 Å². The molecule has 0 bridgehead atoms. The summed E-state index contributed by atoms with van der Waals surface area (Å²) in [5, 5.41) is 19.4. The molecule has 0 saturated carbocycles. The minimum atomic E-state index is -4.29. The summed E-state index contributed by atoms with van der Waals surface area (Å²) in [7, 11) is -2.66. The van der Waals surface area contributed by atoms with Crippen molar-refractivity contribution in [2.75, 3.05) is 145 Å². The molecule has 0 saturated heterocycles. The van der Waals surface area contributed by atoms with E-state index in [1.54, 1.807) is 7.11 Å². The maximum Gasteiger partial charge on any atom is 0.325 e. The first-order chi connectivity index (χ1) is 29.1. The van der Waals surface area contributed by atoms with Gasteiger partial charge in [-0.1, -0.05) is 27.7 Å². The molecule has 0 aromatic heterocycles. The highest BCUT2D eigenvalue weighted by Gasteiger charge is 2.26. The third-order valence-corrected chi connectivity index (χ3v) is 9.19. The molecule has 5 amide bonds. The Labute approximate surface area is 360 Å². The van der Waals surface area contributed by atoms with Gasteiger partial charge >= 0.3 is 7.60 Å². The molecule has 0 spiro atoms. The number of aliphatic hydroxyl groups excluding tert-OH is 1. The van der Waals surface area contributed by atoms with Crippen LogP contribution in [0.1, 0.15) is 47.0 Å². The van der Waals surface area contributed by atoms with Crippen molar-refractivity contribution in [1.82, 2.24) is 26.2 Å². The van der Waals surface area contributed by atoms with Crippen LogP contribution in [0, 0.1) is 11.8 Å². The highest BCUT2D eigenvalue weighted by Crippen LogP contribution is 2.36. The predicted octanol–water partition coefficient (Wildman–Crippen LogP) is -1.57. The van der Waals surface area contributed by atoms with E-state index in [4.69, 9.17) is 47.7 Å². The van der Waals surface area contributed by atoms with Gasteiger partial charge in [-0.3, -0.25) is 28.5 Å². The van der Waals surface area contributed by atoms with Crippen molar-refractivity contribution in [1.29, 1.82) is 0 Å². The van der Waals surface area contributed by atoms with Crippen LogP contribution in [0.3, 0.4) is 0 Å². The summed E-state index contributed by atoms with van der Waals surface area (Å²) in [5.74, 6) is -3.70. The summed E-state index contributed by atoms with van der Waals surface area (Å²) in [6, 6.07) is -2.40. The highest BCUT2D eigenvalue weighted by atomic mass is 31.2. The Kier molecular flexibility index (Phi) is 35.9. The highest BCUT2D eigenvalue weighted by molar-refractivity contribution is 7.51. The molecule has 22 nitrogen and oxygen atoms in total. The summed E-state index contributed by atoms with van der Waals surface area (Å²) in [5.41, 5.74) is 0. The van der Waals surface area contributed by atoms with Crippen LogP contribution >= 0.6 is 7.60 Å². The molecule has 61 heavy (non-hydrogen) atoms. The fourth-order valence-corrected chi connectivity index (χ4v) is 6.10. The van der Waals surface area contributed by atoms with Crippen molar-refractivity contribution in [3.63, 3.8) is 0 Å². The summed E-state index contributed by atoms with van der Waals surface area (Å²) in [6.45, 7) is 11.9. The number of nitrogens with one attached hydrogen (secondary N) is 4. The lowest BCUT2D eigenvalue weighted by Crippen LogP contribution is -2.54. The molecule has 0 rings (SSSR count). The van der Waals surface area contributed by atoms with Crippen LogP contribution in [0.2, 0.25) is 0 Å². The van der Waals surface area contributed by atoms with E-state index in [-0.39, 0.29) is 51.0 Å². The van der Waals surface area contributed by atoms with Gasteiger partial charge in [-0.05, 0) is 24.7 Å². The quantitative estimate of drug-likeness (QED) is 0.0270. The zero-order valence-electron chi connectivity index (χ0n) is 36.7. The average Bonchev–Trinajstić information content (AvgIpc) is 3.19. The van der Waals surface area contributed by atoms with Crippen molar-refractivity contribution < 1.29 is 81.3 Å². The number of rotatable bonds is 41. The van der Waals surface area contributed by atoms with Gasteiger partial charge in [-0.25, -0.2) is 0 Å². The molecule has 0 unspecified atom stereocenters. The first kappa shape index (κ1) is 58.1. The van der Waals surface area contributed by atoms with Crippen LogP contribution in [-0.4, -0.2) is 207 Å². The van der Waals surface area contributed by atoms with Gasteiger partial charge in [-0.15, -0.1) is 0 Å². The largest absolute Gasteiger partial charge is 0.394 e. The topological polar surface area (TPSA) is 288 Å². The van der Waals surface area contributed by atoms with Crippen LogP contribution in [0.25, 0.3) is 0 Å². The van der Waals surface area contributed by atoms with Gasteiger partial charge in [0.15, 0.2) is 0 Å². The number of carbonyl (C=O) groups is 5. The predicted molar refractivity (Wildman–Crippen MR) is 222 cm³/mol. The van der Waals surface area contributed by atoms with E-state index in [0.717, 1.165) is 0 Å². The van der Waals surface area contributed by atoms with Crippen molar-refractivity contribution in [3.05, 3.63) is 0 Å². The molecular formula is C38H74N5O17P. The Balaban J connectivity index is 4.34. The average molecular weight is 904 g/mol. The molecule has 358 valence electrons. The molecule has 0 aliphatic heterocycles. The number of carbonyl (C=O) groups excluding carboxylic acids is 5. The summed E-state index contributed by atoms with van der Waals surface area (Å²) >= 11 is 0. The number of hydrogen-bond acceptors (Lipinski definition) is 15. The summed E-state index contributed by atoms with van der Waals surface area (Å²) in [6.07, 6.45) is 0.395. The summed E-state index contributed by atoms with van der Waals surface area (Å²) in [4.78, 5) is 83.5. The molecule has 0 aliphatic rings. The molecular weight excluding hydrogens is 829 g/mol. The molecule has 0 fully saturated rings. The van der Waals surface area contributed by atoms with Crippen LogP contribution in [0.15, 0.2) is 0 Å². The Morgan fingerprint density at radius 3 is 1.51 bits per heavy atom. The first-order valence-corrected chi connectivity index (χ1v) is 22.5. The molecule has 0 aromatic rings. The minimum absolute atomic E-state index is 0.0289. The second kappa shape index (κ2) is 37.7. The Hall–Kier alpha value is -2.86. The Morgan fingerprint density at radius 2 is 1.08 bits per heavy atom. The van der Waals surface area contributed by atoms with Crippen LogP contribution < -0.4 is 21.3 Å². The fourth-order valence-electron chi connectivity index (χ4n) is 5.16. The molecule has 0 heterocycles. The Morgan fingerprint density at radius 1 is 0.639 bits per heavy atom. The van der Waals surface area contributed by atoms with Crippen molar-refractivity contribution in [3.8, 4) is 0 Å². The molecule has 0 radical (unpaired) electrons. The minimum Gasteiger partial charge on any atom is -0.394 e. The van der Waals surface area contributed by atoms with E-state index < -0.39 is 68.5 Å². The lowest BCUT2D eigenvalue weighted by atomic mass is 10.0. The monoisotopic (exact) mass is 903 g/mol. The Bertz CT molecular complexity index is 1230. The second-order valence-electron chi connectivity index (χ2n) is 14.3. The molecule has 3 atom stereocenters. The van der Waals surface area contributed by atoms with Gasteiger partial charge in [-0.2, -0.15) is 0 Å². The zero-order valence-corrected chi connectivity index (χ0v) is 37.6. The second-order valence-corrected chi connectivity index (χ2v) is 16.0. The zero-order chi connectivity index (χ0) is 45.7. The SMILES string of the molecule is CCCN(CC(=O)N[C@@H](CC(C)C)C(=O)NCC(=O)N[C@@H](CO)C(=O)NC[C@@H](C)CP(=O)(O)O)C(=O)CCOCCOCCOCCOCCOCCOCCOCCOC. The number of methoxy groups -OCH3 is 1. The third kappa shape index (κ3) is 35.3. The lowest BCUT2D eigenvalue weighted by molar-refractivity contribution is -0.138. The molecule has 0 aromatic carbocycles. The number of amides is 5. The smallest absolute Gasteiger partial charge is 0.325 e.